The van der Waals surface area contributed by atoms with Crippen molar-refractivity contribution in [3.63, 3.8) is 0 Å². The Kier molecular flexibility index (Phi) is 10.2. The maximum Gasteiger partial charge on any atom is 0.244 e. The predicted molar refractivity (Wildman–Crippen MR) is 155 cm³/mol. The number of nitrogens with one attached hydrogen (secondary N) is 1. The molecule has 8 nitrogen and oxygen atoms in total. The van der Waals surface area contributed by atoms with E-state index in [1.54, 1.807) is 61.5 Å². The number of rotatable bonds is 11. The van der Waals surface area contributed by atoms with Crippen molar-refractivity contribution < 1.29 is 22.7 Å². The summed E-state index contributed by atoms with van der Waals surface area (Å²) in [6.45, 7) is 4.65. The molecular weight excluding hydrogens is 561 g/mol. The largest absolute Gasteiger partial charge is 0.457 e. The summed E-state index contributed by atoms with van der Waals surface area (Å²) in [5, 5.41) is 3.55. The first-order valence-corrected chi connectivity index (χ1v) is 14.8. The summed E-state index contributed by atoms with van der Waals surface area (Å²) >= 11 is 12.4. The summed E-state index contributed by atoms with van der Waals surface area (Å²) in [6, 6.07) is 19.3. The summed E-state index contributed by atoms with van der Waals surface area (Å²) in [4.78, 5) is 27.8. The third-order valence-electron chi connectivity index (χ3n) is 5.74. The van der Waals surface area contributed by atoms with Crippen LogP contribution in [0.1, 0.15) is 26.3 Å². The van der Waals surface area contributed by atoms with E-state index in [2.05, 4.69) is 5.32 Å². The van der Waals surface area contributed by atoms with E-state index in [0.29, 0.717) is 27.1 Å². The van der Waals surface area contributed by atoms with Gasteiger partial charge in [0, 0.05) is 22.6 Å². The van der Waals surface area contributed by atoms with Gasteiger partial charge in [0.25, 0.3) is 0 Å². The second-order valence-corrected chi connectivity index (χ2v) is 12.0. The number of benzene rings is 3. The van der Waals surface area contributed by atoms with Gasteiger partial charge in [-0.1, -0.05) is 47.5 Å². The molecule has 208 valence electrons. The molecule has 0 saturated carbocycles. The SMILES string of the molecule is CC(C)NC(=O)C(C)N(Cc1ccc(Cl)cc1Cl)C(=O)CN(c1ccc(Oc2ccccc2)cc1)S(C)(=O)=O. The van der Waals surface area contributed by atoms with Gasteiger partial charge >= 0.3 is 0 Å². The molecule has 1 N–H and O–H groups in total. The molecule has 2 amide bonds. The van der Waals surface area contributed by atoms with Crippen LogP contribution in [0.2, 0.25) is 10.0 Å². The fourth-order valence-corrected chi connectivity index (χ4v) is 5.06. The monoisotopic (exact) mass is 591 g/mol. The lowest BCUT2D eigenvalue weighted by Gasteiger charge is -2.32. The molecule has 0 saturated heterocycles. The molecule has 0 aliphatic rings. The first kappa shape index (κ1) is 30.3. The average Bonchev–Trinajstić information content (AvgIpc) is 2.86. The van der Waals surface area contributed by atoms with Crippen molar-refractivity contribution in [2.45, 2.75) is 39.4 Å². The van der Waals surface area contributed by atoms with Crippen molar-refractivity contribution in [3.8, 4) is 11.5 Å². The van der Waals surface area contributed by atoms with Gasteiger partial charge in [-0.3, -0.25) is 13.9 Å². The molecule has 0 fully saturated rings. The number of sulfonamides is 1. The second kappa shape index (κ2) is 13.2. The zero-order valence-electron chi connectivity index (χ0n) is 22.1. The maximum atomic E-state index is 13.6. The van der Waals surface area contributed by atoms with Gasteiger partial charge in [0.2, 0.25) is 21.8 Å². The number of ether oxygens (including phenoxy) is 1. The Hall–Kier alpha value is -3.27. The molecule has 0 heterocycles. The van der Waals surface area contributed by atoms with Crippen molar-refractivity contribution >= 4 is 50.7 Å². The third-order valence-corrected chi connectivity index (χ3v) is 7.46. The first-order chi connectivity index (χ1) is 18.3. The molecule has 11 heteroatoms. The Bertz CT molecular complexity index is 1400. The Morgan fingerprint density at radius 3 is 2.10 bits per heavy atom. The number of hydrogen-bond acceptors (Lipinski definition) is 5. The maximum absolute atomic E-state index is 13.6. The van der Waals surface area contributed by atoms with Crippen LogP contribution in [-0.2, 0) is 26.2 Å². The molecule has 0 spiro atoms. The van der Waals surface area contributed by atoms with Crippen molar-refractivity contribution in [3.05, 3.63) is 88.4 Å². The average molecular weight is 593 g/mol. The molecule has 0 bridgehead atoms. The fraction of sp³-hybridized carbons (Fsp3) is 0.286. The number of carbonyl (C=O) groups excluding carboxylic acids is 2. The standard InChI is InChI=1S/C28H31Cl2N3O5S/c1-19(2)31-28(35)20(3)32(17-21-10-11-22(29)16-26(21)30)27(34)18-33(39(4,36)37)23-12-14-25(15-13-23)38-24-8-6-5-7-9-24/h5-16,19-20H,17-18H2,1-4H3,(H,31,35). The van der Waals surface area contributed by atoms with Gasteiger partial charge in [-0.15, -0.1) is 0 Å². The van der Waals surface area contributed by atoms with E-state index >= 15 is 0 Å². The van der Waals surface area contributed by atoms with Crippen LogP contribution in [0.15, 0.2) is 72.8 Å². The van der Waals surface area contributed by atoms with Gasteiger partial charge in [-0.2, -0.15) is 0 Å². The third kappa shape index (κ3) is 8.61. The Balaban J connectivity index is 1.88. The fourth-order valence-electron chi connectivity index (χ4n) is 3.74. The van der Waals surface area contributed by atoms with E-state index in [9.17, 15) is 18.0 Å². The van der Waals surface area contributed by atoms with Gasteiger partial charge in [-0.05, 0) is 74.9 Å². The van der Waals surface area contributed by atoms with Crippen LogP contribution >= 0.6 is 23.2 Å². The van der Waals surface area contributed by atoms with Gasteiger partial charge in [-0.25, -0.2) is 8.42 Å². The Labute approximate surface area is 239 Å². The van der Waals surface area contributed by atoms with E-state index in [4.69, 9.17) is 27.9 Å². The van der Waals surface area contributed by atoms with Crippen LogP contribution in [0, 0.1) is 0 Å². The molecule has 39 heavy (non-hydrogen) atoms. The molecular formula is C28H31Cl2N3O5S. The minimum atomic E-state index is -3.87. The molecule has 1 atom stereocenters. The molecule has 0 radical (unpaired) electrons. The predicted octanol–water partition coefficient (Wildman–Crippen LogP) is 5.49. The highest BCUT2D eigenvalue weighted by Crippen LogP contribution is 2.27. The highest BCUT2D eigenvalue weighted by molar-refractivity contribution is 7.92. The van der Waals surface area contributed by atoms with Crippen LogP contribution in [0.25, 0.3) is 0 Å². The Morgan fingerprint density at radius 2 is 1.54 bits per heavy atom. The summed E-state index contributed by atoms with van der Waals surface area (Å²) in [5.74, 6) is 0.174. The first-order valence-electron chi connectivity index (χ1n) is 12.2. The number of para-hydroxylation sites is 1. The number of hydrogen-bond donors (Lipinski definition) is 1. The number of amides is 2. The molecule has 3 aromatic carbocycles. The van der Waals surface area contributed by atoms with Gasteiger partial charge in [0.1, 0.15) is 24.1 Å². The molecule has 0 aromatic heterocycles. The van der Waals surface area contributed by atoms with Gasteiger partial charge in [0.15, 0.2) is 0 Å². The molecule has 0 aliphatic heterocycles. The van der Waals surface area contributed by atoms with Crippen molar-refractivity contribution in [1.82, 2.24) is 10.2 Å². The number of halogens is 2. The Morgan fingerprint density at radius 1 is 0.923 bits per heavy atom. The summed E-state index contributed by atoms with van der Waals surface area (Å²) < 4.78 is 32.3. The zero-order chi connectivity index (χ0) is 28.7. The minimum absolute atomic E-state index is 0.0248. The molecule has 3 rings (SSSR count). The summed E-state index contributed by atoms with van der Waals surface area (Å²) in [6.07, 6.45) is 1.02. The second-order valence-electron chi connectivity index (χ2n) is 9.28. The highest BCUT2D eigenvalue weighted by Gasteiger charge is 2.30. The quantitative estimate of drug-likeness (QED) is 0.318. The number of nitrogens with zero attached hydrogens (tertiary/aromatic N) is 2. The van der Waals surface area contributed by atoms with Crippen LogP contribution in [-0.4, -0.2) is 50.0 Å². The lowest BCUT2D eigenvalue weighted by Crippen LogP contribution is -2.52. The molecule has 0 aliphatic carbocycles. The highest BCUT2D eigenvalue weighted by atomic mass is 35.5. The topological polar surface area (TPSA) is 96.0 Å². The van der Waals surface area contributed by atoms with E-state index in [0.717, 1.165) is 10.6 Å². The van der Waals surface area contributed by atoms with Crippen LogP contribution < -0.4 is 14.4 Å². The van der Waals surface area contributed by atoms with Crippen LogP contribution in [0.4, 0.5) is 5.69 Å². The van der Waals surface area contributed by atoms with Gasteiger partial charge < -0.3 is 15.0 Å². The van der Waals surface area contributed by atoms with E-state index in [1.165, 1.54) is 4.90 Å². The summed E-state index contributed by atoms with van der Waals surface area (Å²) in [7, 11) is -3.87. The van der Waals surface area contributed by atoms with Crippen molar-refractivity contribution in [2.24, 2.45) is 0 Å². The van der Waals surface area contributed by atoms with Gasteiger partial charge in [0.05, 0.1) is 11.9 Å². The van der Waals surface area contributed by atoms with Crippen molar-refractivity contribution in [2.75, 3.05) is 17.1 Å². The smallest absolute Gasteiger partial charge is 0.244 e. The van der Waals surface area contributed by atoms with E-state index in [1.807, 2.05) is 32.0 Å². The summed E-state index contributed by atoms with van der Waals surface area (Å²) in [5.41, 5.74) is 0.835. The zero-order valence-corrected chi connectivity index (χ0v) is 24.4. The van der Waals surface area contributed by atoms with Crippen molar-refractivity contribution in [1.29, 1.82) is 0 Å². The lowest BCUT2D eigenvalue weighted by atomic mass is 10.1. The molecule has 3 aromatic rings. The number of anilines is 1. The lowest BCUT2D eigenvalue weighted by molar-refractivity contribution is -0.139. The minimum Gasteiger partial charge on any atom is -0.457 e. The van der Waals surface area contributed by atoms with E-state index in [-0.39, 0.29) is 24.2 Å². The number of carbonyl (C=O) groups is 2. The van der Waals surface area contributed by atoms with E-state index < -0.39 is 28.5 Å². The van der Waals surface area contributed by atoms with Crippen LogP contribution in [0.5, 0.6) is 11.5 Å². The normalized spacial score (nSPS) is 12.1. The van der Waals surface area contributed by atoms with Crippen LogP contribution in [0.3, 0.4) is 0 Å². The molecule has 1 unspecified atom stereocenters.